The summed E-state index contributed by atoms with van der Waals surface area (Å²) < 4.78 is 5.20. The van der Waals surface area contributed by atoms with Gasteiger partial charge in [-0.05, 0) is 13.3 Å². The van der Waals surface area contributed by atoms with E-state index >= 15 is 0 Å². The van der Waals surface area contributed by atoms with Crippen LogP contribution in [0.4, 0.5) is 0 Å². The number of unbranched alkanes of at least 4 members (excludes halogenated alkanes) is 1. The molecule has 4 nitrogen and oxygen atoms in total. The second kappa shape index (κ2) is 5.15. The number of hydrogen-bond acceptors (Lipinski definition) is 3. The molecule has 1 saturated heterocycles. The maximum absolute atomic E-state index is 11.8. The van der Waals surface area contributed by atoms with E-state index in [2.05, 4.69) is 11.2 Å². The summed E-state index contributed by atoms with van der Waals surface area (Å²) >= 11 is 0. The van der Waals surface area contributed by atoms with Crippen LogP contribution in [0.25, 0.3) is 0 Å². The molecular formula is C11H18N2O2. The van der Waals surface area contributed by atoms with Gasteiger partial charge in [0.25, 0.3) is 0 Å². The molecule has 0 aromatic heterocycles. The fraction of sp³-hybridized carbons (Fsp3) is 0.727. The zero-order chi connectivity index (χ0) is 11.3. The van der Waals surface area contributed by atoms with Crippen molar-refractivity contribution in [3.8, 4) is 12.3 Å². The molecule has 0 aromatic rings. The number of nitrogens with two attached hydrogens (primary N) is 1. The number of rotatable bonds is 4. The van der Waals surface area contributed by atoms with Gasteiger partial charge in [-0.2, -0.15) is 0 Å². The van der Waals surface area contributed by atoms with Crippen molar-refractivity contribution in [1.82, 2.24) is 5.32 Å². The highest BCUT2D eigenvalue weighted by Crippen LogP contribution is 2.26. The van der Waals surface area contributed by atoms with Crippen molar-refractivity contribution >= 4 is 5.91 Å². The lowest BCUT2D eigenvalue weighted by molar-refractivity contribution is -0.130. The van der Waals surface area contributed by atoms with Crippen molar-refractivity contribution in [2.75, 3.05) is 19.8 Å². The van der Waals surface area contributed by atoms with E-state index in [4.69, 9.17) is 16.9 Å². The van der Waals surface area contributed by atoms with Crippen LogP contribution in [0.5, 0.6) is 0 Å². The Morgan fingerprint density at radius 2 is 2.53 bits per heavy atom. The third-order valence-corrected chi connectivity index (χ3v) is 2.82. The van der Waals surface area contributed by atoms with Gasteiger partial charge in [-0.15, -0.1) is 12.3 Å². The minimum Gasteiger partial charge on any atom is -0.379 e. The molecule has 1 heterocycles. The number of carbonyl (C=O) groups is 1. The molecule has 1 aliphatic rings. The molecule has 1 amide bonds. The second-order valence-corrected chi connectivity index (χ2v) is 4.10. The second-order valence-electron chi connectivity index (χ2n) is 4.10. The molecule has 0 aliphatic carbocycles. The highest BCUT2D eigenvalue weighted by atomic mass is 16.5. The van der Waals surface area contributed by atoms with Crippen LogP contribution in [-0.4, -0.2) is 31.7 Å². The number of terminal acetylenes is 1. The summed E-state index contributed by atoms with van der Waals surface area (Å²) in [5, 5.41) is 2.84. The van der Waals surface area contributed by atoms with Gasteiger partial charge in [0.1, 0.15) is 0 Å². The predicted molar refractivity (Wildman–Crippen MR) is 58.0 cm³/mol. The molecule has 0 bridgehead atoms. The van der Waals surface area contributed by atoms with Gasteiger partial charge in [0.15, 0.2) is 0 Å². The van der Waals surface area contributed by atoms with Crippen molar-refractivity contribution in [3.05, 3.63) is 0 Å². The van der Waals surface area contributed by atoms with Gasteiger partial charge in [-0.25, -0.2) is 0 Å². The number of carbonyl (C=O) groups excluding carboxylic acids is 1. The van der Waals surface area contributed by atoms with Gasteiger partial charge < -0.3 is 15.8 Å². The average Bonchev–Trinajstić information content (AvgIpc) is 2.55. The van der Waals surface area contributed by atoms with Crippen molar-refractivity contribution in [3.63, 3.8) is 0 Å². The van der Waals surface area contributed by atoms with Crippen LogP contribution in [0.15, 0.2) is 0 Å². The van der Waals surface area contributed by atoms with Crippen molar-refractivity contribution < 1.29 is 9.53 Å². The Balaban J connectivity index is 2.36. The fourth-order valence-corrected chi connectivity index (χ4v) is 1.52. The SMILES string of the molecule is C#CCCCNC(=O)C1(C)COCC1N. The summed E-state index contributed by atoms with van der Waals surface area (Å²) in [6, 6.07) is -0.217. The molecule has 4 heteroatoms. The summed E-state index contributed by atoms with van der Waals surface area (Å²) in [6.45, 7) is 3.29. The zero-order valence-electron chi connectivity index (χ0n) is 9.08. The van der Waals surface area contributed by atoms with Crippen molar-refractivity contribution in [2.45, 2.75) is 25.8 Å². The standard InChI is InChI=1S/C11H18N2O2/c1-3-4-5-6-13-10(14)11(2)8-15-7-9(11)12/h1,9H,4-8,12H2,2H3,(H,13,14). The monoisotopic (exact) mass is 210 g/mol. The van der Waals surface area contributed by atoms with E-state index in [1.165, 1.54) is 0 Å². The van der Waals surface area contributed by atoms with Gasteiger partial charge in [0.2, 0.25) is 5.91 Å². The number of ether oxygens (including phenoxy) is 1. The summed E-state index contributed by atoms with van der Waals surface area (Å²) in [5.74, 6) is 2.49. The van der Waals surface area contributed by atoms with E-state index in [9.17, 15) is 4.79 Å². The summed E-state index contributed by atoms with van der Waals surface area (Å²) in [6.07, 6.45) is 6.59. The topological polar surface area (TPSA) is 64.3 Å². The van der Waals surface area contributed by atoms with Crippen LogP contribution in [0.3, 0.4) is 0 Å². The van der Waals surface area contributed by atoms with Crippen LogP contribution in [-0.2, 0) is 9.53 Å². The lowest BCUT2D eigenvalue weighted by atomic mass is 9.85. The first-order chi connectivity index (χ1) is 7.11. The van der Waals surface area contributed by atoms with Crippen molar-refractivity contribution in [2.24, 2.45) is 11.1 Å². The Hall–Kier alpha value is -1.05. The van der Waals surface area contributed by atoms with Crippen LogP contribution < -0.4 is 11.1 Å². The van der Waals surface area contributed by atoms with Gasteiger partial charge in [0, 0.05) is 19.0 Å². The molecule has 3 N–H and O–H groups in total. The molecule has 0 saturated carbocycles. The maximum atomic E-state index is 11.8. The first-order valence-electron chi connectivity index (χ1n) is 5.16. The average molecular weight is 210 g/mol. The Kier molecular flexibility index (Phi) is 4.13. The van der Waals surface area contributed by atoms with E-state index in [-0.39, 0.29) is 11.9 Å². The zero-order valence-corrected chi connectivity index (χ0v) is 9.08. The number of amides is 1. The van der Waals surface area contributed by atoms with Gasteiger partial charge in [-0.3, -0.25) is 4.79 Å². The smallest absolute Gasteiger partial charge is 0.229 e. The highest BCUT2D eigenvalue weighted by Gasteiger charge is 2.43. The van der Waals surface area contributed by atoms with Crippen LogP contribution in [0, 0.1) is 17.8 Å². The third-order valence-electron chi connectivity index (χ3n) is 2.82. The molecule has 0 spiro atoms. The van der Waals surface area contributed by atoms with E-state index < -0.39 is 5.41 Å². The van der Waals surface area contributed by atoms with E-state index in [1.807, 2.05) is 6.92 Å². The van der Waals surface area contributed by atoms with Gasteiger partial charge >= 0.3 is 0 Å². The lowest BCUT2D eigenvalue weighted by Gasteiger charge is -2.25. The van der Waals surface area contributed by atoms with Crippen LogP contribution in [0.2, 0.25) is 0 Å². The molecule has 2 unspecified atom stereocenters. The summed E-state index contributed by atoms with van der Waals surface area (Å²) in [5.41, 5.74) is 5.24. The molecule has 1 aliphatic heterocycles. The van der Waals surface area contributed by atoms with Crippen molar-refractivity contribution in [1.29, 1.82) is 0 Å². The summed E-state index contributed by atoms with van der Waals surface area (Å²) in [4.78, 5) is 11.8. The molecular weight excluding hydrogens is 192 g/mol. The highest BCUT2D eigenvalue weighted by molar-refractivity contribution is 5.83. The molecule has 15 heavy (non-hydrogen) atoms. The molecule has 0 radical (unpaired) electrons. The lowest BCUT2D eigenvalue weighted by Crippen LogP contribution is -2.50. The van der Waals surface area contributed by atoms with Crippen LogP contribution in [0.1, 0.15) is 19.8 Å². The largest absolute Gasteiger partial charge is 0.379 e. The number of hydrogen-bond donors (Lipinski definition) is 2. The molecule has 1 fully saturated rings. The van der Waals surface area contributed by atoms with E-state index in [1.54, 1.807) is 0 Å². The first kappa shape index (κ1) is 12.0. The normalized spacial score (nSPS) is 29.8. The minimum absolute atomic E-state index is 0.0375. The Bertz CT molecular complexity index is 272. The quantitative estimate of drug-likeness (QED) is 0.502. The van der Waals surface area contributed by atoms with Crippen LogP contribution >= 0.6 is 0 Å². The van der Waals surface area contributed by atoms with E-state index in [0.717, 1.165) is 6.42 Å². The fourth-order valence-electron chi connectivity index (χ4n) is 1.52. The Labute approximate surface area is 90.5 Å². The molecule has 2 atom stereocenters. The van der Waals surface area contributed by atoms with Gasteiger partial charge in [0.05, 0.1) is 18.6 Å². The Morgan fingerprint density at radius 1 is 1.80 bits per heavy atom. The minimum atomic E-state index is -0.587. The Morgan fingerprint density at radius 3 is 3.07 bits per heavy atom. The predicted octanol–water partition coefficient (Wildman–Crippen LogP) is -0.120. The molecule has 84 valence electrons. The summed E-state index contributed by atoms with van der Waals surface area (Å²) in [7, 11) is 0. The maximum Gasteiger partial charge on any atom is 0.229 e. The number of nitrogens with one attached hydrogen (secondary N) is 1. The first-order valence-corrected chi connectivity index (χ1v) is 5.16. The van der Waals surface area contributed by atoms with E-state index in [0.29, 0.717) is 26.2 Å². The van der Waals surface area contributed by atoms with Gasteiger partial charge in [-0.1, -0.05) is 0 Å². The molecule has 0 aromatic carbocycles. The molecule has 1 rings (SSSR count). The third kappa shape index (κ3) is 2.71.